The molecular formula is C18H21NO4. The van der Waals surface area contributed by atoms with Crippen molar-refractivity contribution in [3.8, 4) is 11.8 Å². The monoisotopic (exact) mass is 315 g/mol. The van der Waals surface area contributed by atoms with Gasteiger partial charge in [0.15, 0.2) is 0 Å². The Bertz CT molecular complexity index is 612. The molecule has 0 unspecified atom stereocenters. The van der Waals surface area contributed by atoms with Crippen LogP contribution in [-0.4, -0.2) is 37.2 Å². The minimum Gasteiger partial charge on any atom is -0.481 e. The highest BCUT2D eigenvalue weighted by Gasteiger charge is 2.32. The molecule has 1 aromatic rings. The molecule has 23 heavy (non-hydrogen) atoms. The van der Waals surface area contributed by atoms with Crippen LogP contribution < -0.4 is 5.32 Å². The van der Waals surface area contributed by atoms with Crippen molar-refractivity contribution in [1.82, 2.24) is 5.32 Å². The number of hydrogen-bond acceptors (Lipinski definition) is 3. The summed E-state index contributed by atoms with van der Waals surface area (Å²) in [6, 6.07) is 7.01. The Morgan fingerprint density at radius 1 is 1.30 bits per heavy atom. The molecular weight excluding hydrogens is 294 g/mol. The number of carboxylic acids is 1. The largest absolute Gasteiger partial charge is 0.481 e. The lowest BCUT2D eigenvalue weighted by molar-refractivity contribution is -0.142. The van der Waals surface area contributed by atoms with Gasteiger partial charge in [-0.3, -0.25) is 9.59 Å². The second-order valence-corrected chi connectivity index (χ2v) is 5.66. The van der Waals surface area contributed by atoms with Gasteiger partial charge in [0.05, 0.1) is 5.92 Å². The summed E-state index contributed by atoms with van der Waals surface area (Å²) in [6.45, 7) is 0.777. The van der Waals surface area contributed by atoms with Crippen molar-refractivity contribution in [1.29, 1.82) is 0 Å². The number of methoxy groups -OCH3 is 1. The third-order valence-corrected chi connectivity index (χ3v) is 4.10. The highest BCUT2D eigenvalue weighted by molar-refractivity contribution is 5.94. The average molecular weight is 315 g/mol. The molecule has 2 atom stereocenters. The predicted molar refractivity (Wildman–Crippen MR) is 86.0 cm³/mol. The van der Waals surface area contributed by atoms with E-state index in [-0.39, 0.29) is 17.7 Å². The average Bonchev–Trinajstić information content (AvgIpc) is 3.02. The summed E-state index contributed by atoms with van der Waals surface area (Å²) < 4.78 is 4.85. The zero-order valence-corrected chi connectivity index (χ0v) is 13.2. The van der Waals surface area contributed by atoms with Crippen molar-refractivity contribution < 1.29 is 19.4 Å². The van der Waals surface area contributed by atoms with Crippen LogP contribution in [0.3, 0.4) is 0 Å². The van der Waals surface area contributed by atoms with E-state index >= 15 is 0 Å². The quantitative estimate of drug-likeness (QED) is 0.814. The maximum Gasteiger partial charge on any atom is 0.306 e. The number of carboxylic acid groups (broad SMARTS) is 1. The van der Waals surface area contributed by atoms with E-state index in [1.165, 1.54) is 0 Å². The number of amides is 1. The van der Waals surface area contributed by atoms with Gasteiger partial charge < -0.3 is 15.2 Å². The summed E-state index contributed by atoms with van der Waals surface area (Å²) in [5.74, 6) is 4.52. The highest BCUT2D eigenvalue weighted by atomic mass is 16.5. The Labute approximate surface area is 136 Å². The van der Waals surface area contributed by atoms with E-state index in [4.69, 9.17) is 9.84 Å². The smallest absolute Gasteiger partial charge is 0.306 e. The summed E-state index contributed by atoms with van der Waals surface area (Å²) in [4.78, 5) is 23.3. The molecule has 2 rings (SSSR count). The van der Waals surface area contributed by atoms with E-state index in [1.807, 2.05) is 0 Å². The molecule has 0 heterocycles. The maximum absolute atomic E-state index is 12.1. The molecule has 1 aliphatic carbocycles. The topological polar surface area (TPSA) is 75.6 Å². The van der Waals surface area contributed by atoms with Gasteiger partial charge in [-0.25, -0.2) is 0 Å². The van der Waals surface area contributed by atoms with Crippen molar-refractivity contribution in [3.05, 3.63) is 35.4 Å². The molecule has 1 aromatic carbocycles. The van der Waals surface area contributed by atoms with Crippen molar-refractivity contribution in [2.45, 2.75) is 19.3 Å². The molecule has 0 spiro atoms. The standard InChI is InChI=1S/C18H21NO4/c1-23-11-3-4-13-7-9-14(10-8-13)17(20)19-12-15-5-2-6-16(15)18(21)22/h7-10,15-16H,2,5-6,11-12H2,1H3,(H,19,20)(H,21,22)/t15-,16+/m0/s1. The Kier molecular flexibility index (Phi) is 6.19. The number of nitrogens with one attached hydrogen (secondary N) is 1. The molecule has 5 nitrogen and oxygen atoms in total. The van der Waals surface area contributed by atoms with E-state index in [2.05, 4.69) is 17.2 Å². The Morgan fingerprint density at radius 2 is 2.04 bits per heavy atom. The van der Waals surface area contributed by atoms with E-state index < -0.39 is 5.97 Å². The van der Waals surface area contributed by atoms with Gasteiger partial charge in [0.25, 0.3) is 5.91 Å². The van der Waals surface area contributed by atoms with Crippen LogP contribution in [-0.2, 0) is 9.53 Å². The highest BCUT2D eigenvalue weighted by Crippen LogP contribution is 2.31. The van der Waals surface area contributed by atoms with Crippen molar-refractivity contribution in [2.75, 3.05) is 20.3 Å². The molecule has 0 aromatic heterocycles. The van der Waals surface area contributed by atoms with Gasteiger partial charge in [0.1, 0.15) is 6.61 Å². The van der Waals surface area contributed by atoms with Crippen LogP contribution in [0.15, 0.2) is 24.3 Å². The molecule has 122 valence electrons. The second kappa shape index (κ2) is 8.35. The van der Waals surface area contributed by atoms with Crippen LogP contribution in [0, 0.1) is 23.7 Å². The van der Waals surface area contributed by atoms with Gasteiger partial charge in [-0.05, 0) is 43.0 Å². The van der Waals surface area contributed by atoms with E-state index in [0.29, 0.717) is 25.1 Å². The summed E-state index contributed by atoms with van der Waals surface area (Å²) >= 11 is 0. The molecule has 0 radical (unpaired) electrons. The van der Waals surface area contributed by atoms with Gasteiger partial charge in [-0.1, -0.05) is 18.3 Å². The van der Waals surface area contributed by atoms with Crippen LogP contribution in [0.1, 0.15) is 35.2 Å². The van der Waals surface area contributed by atoms with E-state index in [1.54, 1.807) is 31.4 Å². The summed E-state index contributed by atoms with van der Waals surface area (Å²) in [5.41, 5.74) is 1.37. The van der Waals surface area contributed by atoms with Gasteiger partial charge in [0.2, 0.25) is 0 Å². The first-order valence-corrected chi connectivity index (χ1v) is 7.70. The number of aliphatic carboxylic acids is 1. The fourth-order valence-corrected chi connectivity index (χ4v) is 2.85. The molecule has 2 N–H and O–H groups in total. The second-order valence-electron chi connectivity index (χ2n) is 5.66. The first-order chi connectivity index (χ1) is 11.1. The van der Waals surface area contributed by atoms with Crippen molar-refractivity contribution in [3.63, 3.8) is 0 Å². The number of carbonyl (C=O) groups is 2. The van der Waals surface area contributed by atoms with Gasteiger partial charge >= 0.3 is 5.97 Å². The van der Waals surface area contributed by atoms with Gasteiger partial charge in [-0.2, -0.15) is 0 Å². The number of hydrogen-bond donors (Lipinski definition) is 2. The molecule has 0 saturated heterocycles. The minimum absolute atomic E-state index is 0.0237. The third kappa shape index (κ3) is 4.83. The number of rotatable bonds is 5. The van der Waals surface area contributed by atoms with Crippen molar-refractivity contribution in [2.24, 2.45) is 11.8 Å². The van der Waals surface area contributed by atoms with Crippen LogP contribution in [0.2, 0.25) is 0 Å². The van der Waals surface area contributed by atoms with Crippen LogP contribution in [0.25, 0.3) is 0 Å². The van der Waals surface area contributed by atoms with Crippen molar-refractivity contribution >= 4 is 11.9 Å². The van der Waals surface area contributed by atoms with Crippen LogP contribution in [0.4, 0.5) is 0 Å². The van der Waals surface area contributed by atoms with E-state index in [9.17, 15) is 9.59 Å². The lowest BCUT2D eigenvalue weighted by atomic mass is 9.96. The number of carbonyl (C=O) groups excluding carboxylic acids is 1. The zero-order chi connectivity index (χ0) is 16.7. The van der Waals surface area contributed by atoms with Gasteiger partial charge in [-0.15, -0.1) is 0 Å². The first kappa shape index (κ1) is 17.0. The van der Waals surface area contributed by atoms with Crippen LogP contribution in [0.5, 0.6) is 0 Å². The molecule has 5 heteroatoms. The molecule has 1 fully saturated rings. The summed E-state index contributed by atoms with van der Waals surface area (Å²) in [5, 5.41) is 12.0. The third-order valence-electron chi connectivity index (χ3n) is 4.10. The molecule has 1 aliphatic rings. The van der Waals surface area contributed by atoms with Crippen LogP contribution >= 0.6 is 0 Å². The molecule has 0 aliphatic heterocycles. The Morgan fingerprint density at radius 3 is 2.70 bits per heavy atom. The van der Waals surface area contributed by atoms with E-state index in [0.717, 1.165) is 18.4 Å². The Hall–Kier alpha value is -2.32. The summed E-state index contributed by atoms with van der Waals surface area (Å²) in [7, 11) is 1.58. The zero-order valence-electron chi connectivity index (χ0n) is 13.2. The fourth-order valence-electron chi connectivity index (χ4n) is 2.85. The first-order valence-electron chi connectivity index (χ1n) is 7.70. The normalized spacial score (nSPS) is 19.7. The fraction of sp³-hybridized carbons (Fsp3) is 0.444. The molecule has 1 saturated carbocycles. The predicted octanol–water partition coefficient (Wildman–Crippen LogP) is 1.92. The summed E-state index contributed by atoms with van der Waals surface area (Å²) in [6.07, 6.45) is 2.46. The lowest BCUT2D eigenvalue weighted by Gasteiger charge is -2.16. The van der Waals surface area contributed by atoms with Gasteiger partial charge in [0, 0.05) is 24.8 Å². The maximum atomic E-state index is 12.1. The lowest BCUT2D eigenvalue weighted by Crippen LogP contribution is -2.33. The SMILES string of the molecule is COCC#Cc1ccc(C(=O)NC[C@@H]2CCC[C@H]2C(=O)O)cc1. The Balaban J connectivity index is 1.88. The number of benzene rings is 1. The molecule has 0 bridgehead atoms. The molecule has 1 amide bonds. The number of ether oxygens (including phenoxy) is 1. The minimum atomic E-state index is -0.763.